The number of hydrogen-bond donors (Lipinski definition) is 0. The maximum atomic E-state index is 14.1. The van der Waals surface area contributed by atoms with Gasteiger partial charge in [-0.25, -0.2) is 9.07 Å². The van der Waals surface area contributed by atoms with Crippen LogP contribution in [0.5, 0.6) is 0 Å². The lowest BCUT2D eigenvalue weighted by atomic mass is 10.1. The normalized spacial score (nSPS) is 27.8. The largest absolute Gasteiger partial charge is 0.381 e. The second-order valence-electron chi connectivity index (χ2n) is 7.17. The number of hydrogen-bond acceptors (Lipinski definition) is 5. The quantitative estimate of drug-likeness (QED) is 0.817. The van der Waals surface area contributed by atoms with Crippen LogP contribution in [0.1, 0.15) is 18.2 Å². The first-order valence-corrected chi connectivity index (χ1v) is 8.90. The van der Waals surface area contributed by atoms with E-state index in [1.54, 1.807) is 12.1 Å². The third kappa shape index (κ3) is 3.03. The molecule has 0 aliphatic carbocycles. The zero-order valence-corrected chi connectivity index (χ0v) is 15.2. The van der Waals surface area contributed by atoms with Crippen LogP contribution in [0, 0.1) is 11.7 Å². The number of rotatable bonds is 3. The lowest BCUT2D eigenvalue weighted by molar-refractivity contribution is -0.00508. The number of nitrogens with zero attached hydrogens (tertiary/aromatic N) is 4. The van der Waals surface area contributed by atoms with E-state index in [0.717, 1.165) is 45.0 Å². The highest BCUT2D eigenvalue weighted by Gasteiger charge is 2.41. The molecule has 8 heteroatoms. The molecule has 3 aliphatic heterocycles. The predicted octanol–water partition coefficient (Wildman–Crippen LogP) is 2.30. The average Bonchev–Trinajstić information content (AvgIpc) is 3.33. The number of benzene rings is 1. The number of halogens is 2. The van der Waals surface area contributed by atoms with Crippen LogP contribution in [-0.2, 0) is 16.1 Å². The van der Waals surface area contributed by atoms with Gasteiger partial charge in [-0.15, -0.1) is 17.5 Å². The number of ether oxygens (including phenoxy) is 2. The molecule has 0 amide bonds. The number of aromatic nitrogens is 3. The van der Waals surface area contributed by atoms with Crippen LogP contribution < -0.4 is 0 Å². The monoisotopic (exact) mass is 380 g/mol. The minimum atomic E-state index is -0.276. The Hall–Kier alpha value is -1.54. The maximum absolute atomic E-state index is 14.1. The Balaban J connectivity index is 0.00000168. The Bertz CT molecular complexity index is 780. The van der Waals surface area contributed by atoms with Gasteiger partial charge in [-0.05, 0) is 24.5 Å². The Kier molecular flexibility index (Phi) is 4.96. The molecule has 3 aliphatic rings. The van der Waals surface area contributed by atoms with Gasteiger partial charge in [0.05, 0.1) is 31.1 Å². The summed E-state index contributed by atoms with van der Waals surface area (Å²) in [4.78, 5) is 2.44. The Morgan fingerprint density at radius 3 is 2.92 bits per heavy atom. The molecule has 5 rings (SSSR count). The molecule has 4 heterocycles. The zero-order chi connectivity index (χ0) is 16.8. The Morgan fingerprint density at radius 1 is 1.23 bits per heavy atom. The van der Waals surface area contributed by atoms with E-state index >= 15 is 0 Å². The molecule has 0 saturated carbocycles. The van der Waals surface area contributed by atoms with Crippen molar-refractivity contribution in [3.8, 4) is 11.3 Å². The molecule has 0 N–H and O–H groups in total. The summed E-state index contributed by atoms with van der Waals surface area (Å²) in [6.07, 6.45) is 1.27. The van der Waals surface area contributed by atoms with Crippen LogP contribution in [0.15, 0.2) is 24.3 Å². The molecule has 0 bridgehead atoms. The van der Waals surface area contributed by atoms with Gasteiger partial charge in [0.1, 0.15) is 11.5 Å². The highest BCUT2D eigenvalue weighted by Crippen LogP contribution is 2.35. The van der Waals surface area contributed by atoms with Crippen molar-refractivity contribution >= 4 is 12.4 Å². The van der Waals surface area contributed by atoms with Crippen molar-refractivity contribution in [2.75, 3.05) is 32.8 Å². The molecule has 140 valence electrons. The minimum Gasteiger partial charge on any atom is -0.381 e. The fourth-order valence-corrected chi connectivity index (χ4v) is 4.24. The van der Waals surface area contributed by atoms with Gasteiger partial charge in [-0.3, -0.25) is 4.90 Å². The van der Waals surface area contributed by atoms with Crippen molar-refractivity contribution in [3.05, 3.63) is 35.8 Å². The number of likely N-dealkylation sites (tertiary alicyclic amines) is 1. The SMILES string of the molecule is Cl.Fc1ccccc1-c1nnn2c1CO[C@@H]1CN(C[C@H]3CCOC3)C[C@H]12. The molecule has 6 nitrogen and oxygen atoms in total. The van der Waals surface area contributed by atoms with E-state index in [9.17, 15) is 4.39 Å². The van der Waals surface area contributed by atoms with Crippen molar-refractivity contribution in [1.82, 2.24) is 19.9 Å². The molecule has 2 saturated heterocycles. The fraction of sp³-hybridized carbons (Fsp3) is 0.556. The molecule has 0 spiro atoms. The first-order valence-electron chi connectivity index (χ1n) is 8.90. The van der Waals surface area contributed by atoms with Crippen LogP contribution >= 0.6 is 12.4 Å². The lowest BCUT2D eigenvalue weighted by Crippen LogP contribution is -2.32. The maximum Gasteiger partial charge on any atom is 0.132 e. The molecule has 2 aromatic rings. The summed E-state index contributed by atoms with van der Waals surface area (Å²) >= 11 is 0. The van der Waals surface area contributed by atoms with Gasteiger partial charge in [0.15, 0.2) is 0 Å². The average molecular weight is 381 g/mol. The summed E-state index contributed by atoms with van der Waals surface area (Å²) < 4.78 is 27.7. The first kappa shape index (κ1) is 17.9. The molecule has 0 unspecified atom stereocenters. The van der Waals surface area contributed by atoms with E-state index in [1.807, 2.05) is 10.7 Å². The van der Waals surface area contributed by atoms with E-state index in [2.05, 4.69) is 15.2 Å². The molecule has 1 aromatic carbocycles. The summed E-state index contributed by atoms with van der Waals surface area (Å²) in [5, 5.41) is 8.62. The third-order valence-electron chi connectivity index (χ3n) is 5.52. The standard InChI is InChI=1S/C18H21FN4O2.ClH/c19-14-4-2-1-3-13(14)18-16-11-25-17-9-22(7-12-5-6-24-10-12)8-15(17)23(16)21-20-18;/h1-4,12,15,17H,5-11H2;1H/t12-,15-,17-;/m1./s1. The van der Waals surface area contributed by atoms with Gasteiger partial charge in [-0.1, -0.05) is 17.3 Å². The second kappa shape index (κ2) is 7.23. The van der Waals surface area contributed by atoms with Crippen molar-refractivity contribution in [2.24, 2.45) is 5.92 Å². The molecule has 26 heavy (non-hydrogen) atoms. The number of fused-ring (bicyclic) bond motifs is 3. The van der Waals surface area contributed by atoms with Crippen molar-refractivity contribution < 1.29 is 13.9 Å². The van der Waals surface area contributed by atoms with E-state index < -0.39 is 0 Å². The minimum absolute atomic E-state index is 0. The summed E-state index contributed by atoms with van der Waals surface area (Å²) in [6, 6.07) is 6.85. The molecule has 2 fully saturated rings. The summed E-state index contributed by atoms with van der Waals surface area (Å²) in [5.41, 5.74) is 1.96. The van der Waals surface area contributed by atoms with Gasteiger partial charge >= 0.3 is 0 Å². The molecular weight excluding hydrogens is 359 g/mol. The molecule has 3 atom stereocenters. The third-order valence-corrected chi connectivity index (χ3v) is 5.52. The van der Waals surface area contributed by atoms with Crippen LogP contribution in [0.2, 0.25) is 0 Å². The highest BCUT2D eigenvalue weighted by molar-refractivity contribution is 5.85. The van der Waals surface area contributed by atoms with E-state index in [1.165, 1.54) is 6.07 Å². The fourth-order valence-electron chi connectivity index (χ4n) is 4.24. The molecular formula is C18H22ClFN4O2. The van der Waals surface area contributed by atoms with Crippen LogP contribution in [-0.4, -0.2) is 58.8 Å². The van der Waals surface area contributed by atoms with Crippen LogP contribution in [0.4, 0.5) is 4.39 Å². The van der Waals surface area contributed by atoms with Crippen molar-refractivity contribution in [2.45, 2.75) is 25.2 Å². The topological polar surface area (TPSA) is 52.4 Å². The Labute approximate surface area is 157 Å². The highest BCUT2D eigenvalue weighted by atomic mass is 35.5. The van der Waals surface area contributed by atoms with Gasteiger partial charge in [-0.2, -0.15) is 0 Å². The Morgan fingerprint density at radius 2 is 2.12 bits per heavy atom. The van der Waals surface area contributed by atoms with Gasteiger partial charge in [0.2, 0.25) is 0 Å². The van der Waals surface area contributed by atoms with E-state index in [4.69, 9.17) is 9.47 Å². The summed E-state index contributed by atoms with van der Waals surface area (Å²) in [7, 11) is 0. The van der Waals surface area contributed by atoms with Crippen LogP contribution in [0.25, 0.3) is 11.3 Å². The van der Waals surface area contributed by atoms with Gasteiger partial charge < -0.3 is 9.47 Å². The molecule has 0 radical (unpaired) electrons. The van der Waals surface area contributed by atoms with Gasteiger partial charge in [0, 0.05) is 31.8 Å². The van der Waals surface area contributed by atoms with Gasteiger partial charge in [0.25, 0.3) is 0 Å². The van der Waals surface area contributed by atoms with Crippen molar-refractivity contribution in [3.63, 3.8) is 0 Å². The summed E-state index contributed by atoms with van der Waals surface area (Å²) in [6.45, 7) is 5.02. The molecule has 1 aromatic heterocycles. The lowest BCUT2D eigenvalue weighted by Gasteiger charge is -2.26. The van der Waals surface area contributed by atoms with Crippen LogP contribution in [0.3, 0.4) is 0 Å². The predicted molar refractivity (Wildman–Crippen MR) is 95.6 cm³/mol. The second-order valence-corrected chi connectivity index (χ2v) is 7.17. The van der Waals surface area contributed by atoms with E-state index in [-0.39, 0.29) is 30.4 Å². The summed E-state index contributed by atoms with van der Waals surface area (Å²) in [5.74, 6) is 0.339. The smallest absolute Gasteiger partial charge is 0.132 e. The first-order chi connectivity index (χ1) is 12.3. The zero-order valence-electron chi connectivity index (χ0n) is 14.4. The van der Waals surface area contributed by atoms with E-state index in [0.29, 0.717) is 23.8 Å². The van der Waals surface area contributed by atoms with Crippen molar-refractivity contribution in [1.29, 1.82) is 0 Å².